The number of para-hydroxylation sites is 1. The molecule has 1 fully saturated rings. The molecule has 0 N–H and O–H groups in total. The average molecular weight is 448 g/mol. The summed E-state index contributed by atoms with van der Waals surface area (Å²) in [6.07, 6.45) is 3.68. The van der Waals surface area contributed by atoms with E-state index in [4.69, 9.17) is 14.6 Å². The predicted octanol–water partition coefficient (Wildman–Crippen LogP) is 4.49. The van der Waals surface area contributed by atoms with E-state index in [2.05, 4.69) is 17.9 Å². The second-order valence-corrected chi connectivity index (χ2v) is 8.32. The van der Waals surface area contributed by atoms with E-state index in [1.54, 1.807) is 0 Å². The van der Waals surface area contributed by atoms with Crippen LogP contribution in [0.5, 0.6) is 0 Å². The third kappa shape index (κ3) is 4.68. The van der Waals surface area contributed by atoms with Gasteiger partial charge in [-0.1, -0.05) is 42.8 Å². The highest BCUT2D eigenvalue weighted by molar-refractivity contribution is 6.06. The van der Waals surface area contributed by atoms with Crippen LogP contribution >= 0.6 is 0 Å². The van der Waals surface area contributed by atoms with Crippen molar-refractivity contribution in [1.82, 2.24) is 14.7 Å². The molecule has 1 aliphatic rings. The zero-order chi connectivity index (χ0) is 23.4. The van der Waals surface area contributed by atoms with E-state index in [9.17, 15) is 9.59 Å². The van der Waals surface area contributed by atoms with Crippen LogP contribution in [-0.2, 0) is 16.0 Å². The molecule has 1 aliphatic heterocycles. The fourth-order valence-corrected chi connectivity index (χ4v) is 4.40. The van der Waals surface area contributed by atoms with E-state index in [1.165, 1.54) is 38.2 Å². The Morgan fingerprint density at radius 2 is 1.76 bits per heavy atom. The number of ether oxygens (including phenoxy) is 2. The van der Waals surface area contributed by atoms with Gasteiger partial charge in [0.05, 0.1) is 19.9 Å². The maximum Gasteiger partial charge on any atom is 0.357 e. The lowest BCUT2D eigenvalue weighted by Gasteiger charge is -2.33. The SMILES string of the molecule is COC(=O)c1c(-c2cccc(CN3CCCCC3C)c2)nn(-c2ccccc2)c1C(=O)OC. The van der Waals surface area contributed by atoms with E-state index < -0.39 is 11.9 Å². The van der Waals surface area contributed by atoms with Gasteiger partial charge >= 0.3 is 11.9 Å². The normalized spacial score (nSPS) is 16.4. The standard InChI is InChI=1S/C26H29N3O4/c1-18-10-7-8-15-28(18)17-19-11-9-12-20(16-19)23-22(25(30)32-2)24(26(31)33-3)29(27-23)21-13-5-4-6-14-21/h4-6,9,11-14,16,18H,7-8,10,15,17H2,1-3H3. The Balaban J connectivity index is 1.82. The molecule has 1 aromatic heterocycles. The van der Waals surface area contributed by atoms with E-state index in [0.717, 1.165) is 24.2 Å². The summed E-state index contributed by atoms with van der Waals surface area (Å²) in [5, 5.41) is 4.69. The zero-order valence-electron chi connectivity index (χ0n) is 19.3. The molecule has 2 aromatic carbocycles. The third-order valence-corrected chi connectivity index (χ3v) is 6.18. The van der Waals surface area contributed by atoms with Gasteiger partial charge in [-0.2, -0.15) is 5.10 Å². The van der Waals surface area contributed by atoms with Crippen molar-refractivity contribution in [2.75, 3.05) is 20.8 Å². The molecular formula is C26H29N3O4. The van der Waals surface area contributed by atoms with Crippen LogP contribution in [0.3, 0.4) is 0 Å². The summed E-state index contributed by atoms with van der Waals surface area (Å²) >= 11 is 0. The summed E-state index contributed by atoms with van der Waals surface area (Å²) in [4.78, 5) is 28.1. The average Bonchev–Trinajstić information content (AvgIpc) is 3.26. The zero-order valence-corrected chi connectivity index (χ0v) is 19.3. The molecule has 7 heteroatoms. The first kappa shape index (κ1) is 22.7. The molecule has 0 aliphatic carbocycles. The van der Waals surface area contributed by atoms with Gasteiger partial charge in [-0.3, -0.25) is 4.90 Å². The van der Waals surface area contributed by atoms with Gasteiger partial charge in [0, 0.05) is 18.2 Å². The van der Waals surface area contributed by atoms with Gasteiger partial charge < -0.3 is 9.47 Å². The van der Waals surface area contributed by atoms with Crippen LogP contribution in [0.4, 0.5) is 0 Å². The molecule has 4 rings (SSSR count). The second-order valence-electron chi connectivity index (χ2n) is 8.32. The molecule has 7 nitrogen and oxygen atoms in total. The number of rotatable bonds is 6. The number of benzene rings is 2. The maximum absolute atomic E-state index is 12.8. The van der Waals surface area contributed by atoms with Crippen molar-refractivity contribution in [3.63, 3.8) is 0 Å². The molecular weight excluding hydrogens is 418 g/mol. The first-order valence-corrected chi connectivity index (χ1v) is 11.2. The number of piperidine rings is 1. The molecule has 3 aromatic rings. The smallest absolute Gasteiger partial charge is 0.357 e. The lowest BCUT2D eigenvalue weighted by Crippen LogP contribution is -2.36. The molecule has 1 atom stereocenters. The van der Waals surface area contributed by atoms with Crippen molar-refractivity contribution in [1.29, 1.82) is 0 Å². The largest absolute Gasteiger partial charge is 0.465 e. The lowest BCUT2D eigenvalue weighted by atomic mass is 10.0. The topological polar surface area (TPSA) is 73.7 Å². The lowest BCUT2D eigenvalue weighted by molar-refractivity contribution is 0.0549. The minimum absolute atomic E-state index is 0.0422. The Labute approximate surface area is 193 Å². The number of esters is 2. The van der Waals surface area contributed by atoms with Gasteiger partial charge in [0.1, 0.15) is 11.3 Å². The maximum atomic E-state index is 12.8. The number of likely N-dealkylation sites (tertiary alicyclic amines) is 1. The van der Waals surface area contributed by atoms with Crippen LogP contribution in [0.15, 0.2) is 54.6 Å². The molecule has 33 heavy (non-hydrogen) atoms. The van der Waals surface area contributed by atoms with Crippen LogP contribution in [0.25, 0.3) is 16.9 Å². The third-order valence-electron chi connectivity index (χ3n) is 6.18. The van der Waals surface area contributed by atoms with Crippen molar-refractivity contribution in [2.24, 2.45) is 0 Å². The van der Waals surface area contributed by atoms with Crippen LogP contribution < -0.4 is 0 Å². The van der Waals surface area contributed by atoms with Gasteiger partial charge in [-0.25, -0.2) is 14.3 Å². The summed E-state index contributed by atoms with van der Waals surface area (Å²) in [6, 6.07) is 17.7. The Hall–Kier alpha value is -3.45. The fraction of sp³-hybridized carbons (Fsp3) is 0.346. The monoisotopic (exact) mass is 447 g/mol. The fourth-order valence-electron chi connectivity index (χ4n) is 4.40. The predicted molar refractivity (Wildman–Crippen MR) is 125 cm³/mol. The summed E-state index contributed by atoms with van der Waals surface area (Å²) in [7, 11) is 2.58. The minimum Gasteiger partial charge on any atom is -0.465 e. The van der Waals surface area contributed by atoms with E-state index in [0.29, 0.717) is 17.4 Å². The highest BCUT2D eigenvalue weighted by Crippen LogP contribution is 2.30. The van der Waals surface area contributed by atoms with E-state index >= 15 is 0 Å². The first-order chi connectivity index (χ1) is 16.0. The highest BCUT2D eigenvalue weighted by atomic mass is 16.5. The van der Waals surface area contributed by atoms with Gasteiger partial charge in [0.15, 0.2) is 5.69 Å². The molecule has 172 valence electrons. The number of methoxy groups -OCH3 is 2. The summed E-state index contributed by atoms with van der Waals surface area (Å²) in [5.74, 6) is -1.29. The van der Waals surface area contributed by atoms with Gasteiger partial charge in [-0.15, -0.1) is 0 Å². The Morgan fingerprint density at radius 3 is 2.45 bits per heavy atom. The Morgan fingerprint density at radius 1 is 1.00 bits per heavy atom. The second kappa shape index (κ2) is 10.0. The highest BCUT2D eigenvalue weighted by Gasteiger charge is 2.31. The quantitative estimate of drug-likeness (QED) is 0.519. The molecule has 2 heterocycles. The van der Waals surface area contributed by atoms with Crippen molar-refractivity contribution in [3.8, 4) is 16.9 Å². The van der Waals surface area contributed by atoms with Crippen LogP contribution in [-0.4, -0.2) is 53.4 Å². The molecule has 1 saturated heterocycles. The molecule has 0 spiro atoms. The molecule has 0 radical (unpaired) electrons. The number of carbonyl (C=O) groups is 2. The van der Waals surface area contributed by atoms with E-state index in [-0.39, 0.29) is 11.3 Å². The van der Waals surface area contributed by atoms with Crippen molar-refractivity contribution in [2.45, 2.75) is 38.8 Å². The van der Waals surface area contributed by atoms with Crippen molar-refractivity contribution < 1.29 is 19.1 Å². The summed E-state index contributed by atoms with van der Waals surface area (Å²) in [6.45, 7) is 4.17. The van der Waals surface area contributed by atoms with Gasteiger partial charge in [0.25, 0.3) is 0 Å². The first-order valence-electron chi connectivity index (χ1n) is 11.2. The minimum atomic E-state index is -0.656. The van der Waals surface area contributed by atoms with Crippen LogP contribution in [0.1, 0.15) is 52.6 Å². The number of hydrogen-bond acceptors (Lipinski definition) is 6. The molecule has 0 amide bonds. The van der Waals surface area contributed by atoms with E-state index in [1.807, 2.05) is 48.5 Å². The number of carbonyl (C=O) groups excluding carboxylic acids is 2. The van der Waals surface area contributed by atoms with Crippen molar-refractivity contribution in [3.05, 3.63) is 71.4 Å². The van der Waals surface area contributed by atoms with Crippen molar-refractivity contribution >= 4 is 11.9 Å². The number of aromatic nitrogens is 2. The molecule has 0 saturated carbocycles. The Kier molecular flexibility index (Phi) is 6.89. The van der Waals surface area contributed by atoms with Gasteiger partial charge in [0.2, 0.25) is 0 Å². The summed E-state index contributed by atoms with van der Waals surface area (Å²) in [5.41, 5.74) is 3.05. The number of hydrogen-bond donors (Lipinski definition) is 0. The summed E-state index contributed by atoms with van der Waals surface area (Å²) < 4.78 is 11.5. The Bertz CT molecular complexity index is 1140. The number of nitrogens with zero attached hydrogens (tertiary/aromatic N) is 3. The van der Waals surface area contributed by atoms with Crippen LogP contribution in [0, 0.1) is 0 Å². The molecule has 0 bridgehead atoms. The van der Waals surface area contributed by atoms with Crippen LogP contribution in [0.2, 0.25) is 0 Å². The molecule has 1 unspecified atom stereocenters. The van der Waals surface area contributed by atoms with Gasteiger partial charge in [-0.05, 0) is 50.1 Å².